The van der Waals surface area contributed by atoms with Crippen LogP contribution in [0.3, 0.4) is 0 Å². The Bertz CT molecular complexity index is 552. The quantitative estimate of drug-likeness (QED) is 0.875. The van der Waals surface area contributed by atoms with E-state index in [4.69, 9.17) is 4.74 Å². The molecule has 0 saturated heterocycles. The van der Waals surface area contributed by atoms with Gasteiger partial charge in [0.1, 0.15) is 6.61 Å². The van der Waals surface area contributed by atoms with E-state index in [-0.39, 0.29) is 6.61 Å². The van der Waals surface area contributed by atoms with Crippen LogP contribution in [-0.4, -0.2) is 10.1 Å². The van der Waals surface area contributed by atoms with Gasteiger partial charge in [0.15, 0.2) is 0 Å². The van der Waals surface area contributed by atoms with Gasteiger partial charge in [-0.2, -0.15) is 0 Å². The van der Waals surface area contributed by atoms with Crippen LogP contribution in [0.15, 0.2) is 36.4 Å². The highest BCUT2D eigenvalue weighted by Crippen LogP contribution is 2.22. The first-order valence-corrected chi connectivity index (χ1v) is 7.01. The Hall–Kier alpha value is -1.87. The Kier molecular flexibility index (Phi) is 5.13. The molecule has 0 amide bonds. The maximum atomic E-state index is 9.50. The molecule has 0 spiro atoms. The fourth-order valence-corrected chi connectivity index (χ4v) is 2.16. The third-order valence-corrected chi connectivity index (χ3v) is 3.25. The number of aliphatic hydroxyl groups excluding tert-OH is 1. The zero-order valence-electron chi connectivity index (χ0n) is 12.1. The highest BCUT2D eigenvalue weighted by molar-refractivity contribution is 5.36. The summed E-state index contributed by atoms with van der Waals surface area (Å²) in [6, 6.07) is 12.0. The van der Waals surface area contributed by atoms with Crippen molar-refractivity contribution in [2.24, 2.45) is 0 Å². The molecule has 3 nitrogen and oxygen atoms in total. The Morgan fingerprint density at radius 2 is 1.95 bits per heavy atom. The summed E-state index contributed by atoms with van der Waals surface area (Å²) in [6.45, 7) is 4.54. The van der Waals surface area contributed by atoms with Gasteiger partial charge in [0.2, 0.25) is 5.88 Å². The largest absolute Gasteiger partial charge is 0.473 e. The Balaban J connectivity index is 2.20. The van der Waals surface area contributed by atoms with Gasteiger partial charge in [-0.1, -0.05) is 43.7 Å². The molecule has 0 atom stereocenters. The van der Waals surface area contributed by atoms with Crippen molar-refractivity contribution in [1.82, 2.24) is 4.98 Å². The van der Waals surface area contributed by atoms with Crippen LogP contribution in [0.5, 0.6) is 5.88 Å². The van der Waals surface area contributed by atoms with E-state index < -0.39 is 0 Å². The van der Waals surface area contributed by atoms with Gasteiger partial charge >= 0.3 is 0 Å². The predicted octanol–water partition coefficient (Wildman–Crippen LogP) is 3.41. The average molecular weight is 271 g/mol. The highest BCUT2D eigenvalue weighted by atomic mass is 16.5. The summed E-state index contributed by atoms with van der Waals surface area (Å²) < 4.78 is 5.81. The minimum Gasteiger partial charge on any atom is -0.473 e. The van der Waals surface area contributed by atoms with Gasteiger partial charge < -0.3 is 9.84 Å². The molecule has 0 fully saturated rings. The molecule has 0 unspecified atom stereocenters. The first kappa shape index (κ1) is 14.5. The fourth-order valence-electron chi connectivity index (χ4n) is 2.16. The molecule has 0 aliphatic rings. The predicted molar refractivity (Wildman–Crippen MR) is 79.7 cm³/mol. The van der Waals surface area contributed by atoms with Crippen molar-refractivity contribution in [3.05, 3.63) is 58.8 Å². The minimum atomic E-state index is -0.0463. The Morgan fingerprint density at radius 3 is 2.60 bits per heavy atom. The maximum Gasteiger partial charge on any atom is 0.219 e. The van der Waals surface area contributed by atoms with Crippen molar-refractivity contribution in [3.8, 4) is 5.88 Å². The molecule has 0 aliphatic carbocycles. The van der Waals surface area contributed by atoms with Crippen LogP contribution in [0, 0.1) is 6.92 Å². The molecule has 1 aromatic carbocycles. The molecule has 2 rings (SSSR count). The van der Waals surface area contributed by atoms with Crippen LogP contribution in [0.1, 0.15) is 35.7 Å². The highest BCUT2D eigenvalue weighted by Gasteiger charge is 2.10. The number of aromatic nitrogens is 1. The Morgan fingerprint density at radius 1 is 1.20 bits per heavy atom. The van der Waals surface area contributed by atoms with Gasteiger partial charge in [0, 0.05) is 11.3 Å². The minimum absolute atomic E-state index is 0.0463. The fraction of sp³-hybridized carbons (Fsp3) is 0.353. The van der Waals surface area contributed by atoms with Gasteiger partial charge in [-0.3, -0.25) is 0 Å². The Labute approximate surface area is 120 Å². The first-order valence-electron chi connectivity index (χ1n) is 7.01. The van der Waals surface area contributed by atoms with Crippen molar-refractivity contribution in [2.75, 3.05) is 0 Å². The van der Waals surface area contributed by atoms with E-state index in [1.54, 1.807) is 0 Å². The molecule has 0 bridgehead atoms. The number of nitrogens with zero attached hydrogens (tertiary/aromatic N) is 1. The third-order valence-electron chi connectivity index (χ3n) is 3.25. The van der Waals surface area contributed by atoms with Crippen molar-refractivity contribution in [1.29, 1.82) is 0 Å². The zero-order valence-corrected chi connectivity index (χ0v) is 12.1. The number of hydrogen-bond donors (Lipinski definition) is 1. The van der Waals surface area contributed by atoms with E-state index in [1.165, 1.54) is 0 Å². The molecule has 1 aromatic heterocycles. The lowest BCUT2D eigenvalue weighted by atomic mass is 10.1. The van der Waals surface area contributed by atoms with Crippen molar-refractivity contribution < 1.29 is 9.84 Å². The number of hydrogen-bond acceptors (Lipinski definition) is 3. The average Bonchev–Trinajstić information content (AvgIpc) is 2.46. The van der Waals surface area contributed by atoms with Gasteiger partial charge in [0.05, 0.1) is 6.61 Å². The lowest BCUT2D eigenvalue weighted by Crippen LogP contribution is -2.05. The first-order chi connectivity index (χ1) is 9.74. The smallest absolute Gasteiger partial charge is 0.219 e. The lowest BCUT2D eigenvalue weighted by molar-refractivity contribution is 0.251. The molecule has 0 aliphatic heterocycles. The van der Waals surface area contributed by atoms with E-state index in [0.717, 1.165) is 35.2 Å². The number of benzene rings is 1. The van der Waals surface area contributed by atoms with Crippen LogP contribution >= 0.6 is 0 Å². The number of pyridine rings is 1. The van der Waals surface area contributed by atoms with Gasteiger partial charge in [-0.25, -0.2) is 4.98 Å². The van der Waals surface area contributed by atoms with Crippen molar-refractivity contribution in [3.63, 3.8) is 0 Å². The maximum absolute atomic E-state index is 9.50. The van der Waals surface area contributed by atoms with Gasteiger partial charge in [0.25, 0.3) is 0 Å². The molecule has 106 valence electrons. The zero-order chi connectivity index (χ0) is 14.4. The molecule has 1 heterocycles. The van der Waals surface area contributed by atoms with E-state index >= 15 is 0 Å². The molecular formula is C17H21NO2. The summed E-state index contributed by atoms with van der Waals surface area (Å²) >= 11 is 0. The molecule has 3 heteroatoms. The second kappa shape index (κ2) is 7.06. The van der Waals surface area contributed by atoms with E-state index in [2.05, 4.69) is 11.9 Å². The van der Waals surface area contributed by atoms with Crippen molar-refractivity contribution in [2.45, 2.75) is 39.9 Å². The normalized spacial score (nSPS) is 10.6. The van der Waals surface area contributed by atoms with E-state index in [1.807, 2.05) is 43.3 Å². The third kappa shape index (κ3) is 3.58. The topological polar surface area (TPSA) is 42.4 Å². The summed E-state index contributed by atoms with van der Waals surface area (Å²) in [4.78, 5) is 4.53. The number of rotatable bonds is 6. The van der Waals surface area contributed by atoms with Gasteiger partial charge in [-0.05, 0) is 30.5 Å². The number of ether oxygens (including phenoxy) is 1. The second-order valence-corrected chi connectivity index (χ2v) is 4.90. The number of aliphatic hydroxyl groups is 1. The van der Waals surface area contributed by atoms with Crippen molar-refractivity contribution >= 4 is 0 Å². The standard InChI is InChI=1S/C17H21NO2/c1-3-7-15-10-13(2)16(11-19)17(18-15)20-12-14-8-5-4-6-9-14/h4-6,8-10,19H,3,7,11-12H2,1-2H3. The van der Waals surface area contributed by atoms with Crippen LogP contribution in [0.25, 0.3) is 0 Å². The van der Waals surface area contributed by atoms with E-state index in [9.17, 15) is 5.11 Å². The molecule has 1 N–H and O–H groups in total. The molecular weight excluding hydrogens is 250 g/mol. The molecule has 0 saturated carbocycles. The monoisotopic (exact) mass is 271 g/mol. The molecule has 2 aromatic rings. The van der Waals surface area contributed by atoms with Crippen LogP contribution in [0.4, 0.5) is 0 Å². The molecule has 0 radical (unpaired) electrons. The van der Waals surface area contributed by atoms with Gasteiger partial charge in [-0.15, -0.1) is 0 Å². The van der Waals surface area contributed by atoms with Crippen LogP contribution in [-0.2, 0) is 19.6 Å². The lowest BCUT2D eigenvalue weighted by Gasteiger charge is -2.13. The number of aryl methyl sites for hydroxylation is 2. The van der Waals surface area contributed by atoms with Crippen LogP contribution in [0.2, 0.25) is 0 Å². The van der Waals surface area contributed by atoms with Crippen LogP contribution < -0.4 is 4.74 Å². The summed E-state index contributed by atoms with van der Waals surface area (Å²) in [5, 5.41) is 9.50. The second-order valence-electron chi connectivity index (χ2n) is 4.90. The summed E-state index contributed by atoms with van der Waals surface area (Å²) in [6.07, 6.45) is 1.97. The van der Waals surface area contributed by atoms with E-state index in [0.29, 0.717) is 12.5 Å². The molecule has 20 heavy (non-hydrogen) atoms. The summed E-state index contributed by atoms with van der Waals surface area (Å²) in [5.41, 5.74) is 3.93. The summed E-state index contributed by atoms with van der Waals surface area (Å²) in [7, 11) is 0. The summed E-state index contributed by atoms with van der Waals surface area (Å²) in [5.74, 6) is 0.555. The SMILES string of the molecule is CCCc1cc(C)c(CO)c(OCc2ccccc2)n1.